The van der Waals surface area contributed by atoms with E-state index in [1.165, 1.54) is 0 Å². The lowest BCUT2D eigenvalue weighted by Gasteiger charge is -2.43. The summed E-state index contributed by atoms with van der Waals surface area (Å²) in [5.41, 5.74) is 0.225. The van der Waals surface area contributed by atoms with Crippen molar-refractivity contribution in [2.75, 3.05) is 13.7 Å². The van der Waals surface area contributed by atoms with Crippen LogP contribution in [0.5, 0.6) is 5.75 Å². The van der Waals surface area contributed by atoms with Gasteiger partial charge in [0.05, 0.1) is 12.5 Å². The fraction of sp³-hybridized carbons (Fsp3) is 0.654. The Morgan fingerprint density at radius 1 is 1.35 bits per heavy atom. The topological polar surface area (TPSA) is 104 Å². The summed E-state index contributed by atoms with van der Waals surface area (Å²) in [7, 11) is 1.63. The van der Waals surface area contributed by atoms with E-state index in [9.17, 15) is 9.59 Å². The fourth-order valence-electron chi connectivity index (χ4n) is 5.42. The van der Waals surface area contributed by atoms with Crippen molar-refractivity contribution in [1.82, 2.24) is 15.5 Å². The average Bonchev–Trinajstić information content (AvgIpc) is 3.55. The zero-order valence-electron chi connectivity index (χ0n) is 20.9. The molecule has 1 aromatic rings. The molecule has 0 bridgehead atoms. The Hall–Kier alpha value is -2.61. The number of guanidine groups is 1. The number of fused-ring (bicyclic) bond motifs is 1. The van der Waals surface area contributed by atoms with Gasteiger partial charge in [-0.1, -0.05) is 25.1 Å². The molecule has 0 radical (unpaired) electrons. The number of benzene rings is 1. The van der Waals surface area contributed by atoms with Gasteiger partial charge in [-0.15, -0.1) is 0 Å². The van der Waals surface area contributed by atoms with Gasteiger partial charge in [0.25, 0.3) is 0 Å². The summed E-state index contributed by atoms with van der Waals surface area (Å²) in [5, 5.41) is 15.0. The molecular weight excluding hydrogens is 432 g/mol. The van der Waals surface area contributed by atoms with Crippen molar-refractivity contribution in [3.63, 3.8) is 0 Å². The molecule has 2 heterocycles. The lowest BCUT2D eigenvalue weighted by molar-refractivity contribution is -0.133. The minimum absolute atomic E-state index is 0.00673. The Kier molecular flexibility index (Phi) is 6.64. The molecule has 1 unspecified atom stereocenters. The second-order valence-corrected chi connectivity index (χ2v) is 10.8. The summed E-state index contributed by atoms with van der Waals surface area (Å²) in [4.78, 5) is 28.0. The van der Waals surface area contributed by atoms with Crippen LogP contribution < -0.4 is 15.4 Å². The van der Waals surface area contributed by atoms with E-state index in [0.29, 0.717) is 32.3 Å². The van der Waals surface area contributed by atoms with E-state index in [1.807, 2.05) is 52.0 Å². The van der Waals surface area contributed by atoms with Crippen LogP contribution in [0.4, 0.5) is 0 Å². The van der Waals surface area contributed by atoms with Gasteiger partial charge in [0.1, 0.15) is 11.4 Å². The number of nitrogens with one attached hydrogen (secondary N) is 3. The Labute approximate surface area is 202 Å². The number of rotatable bonds is 8. The van der Waals surface area contributed by atoms with Gasteiger partial charge >= 0.3 is 0 Å². The van der Waals surface area contributed by atoms with Crippen molar-refractivity contribution in [2.45, 2.75) is 83.0 Å². The highest BCUT2D eigenvalue weighted by Crippen LogP contribution is 2.46. The standard InChI is InChI=1S/C26H38N4O4/c1-6-26(4)15-22(31)30(24(27)29-26)20(11-12-33-5)17-13-18(17)23(32)28-19-14-25(2,3)34-21-10-8-7-9-16(19)21/h7-10,17-20H,6,11-15H2,1-5H3,(H2,27,29)(H,28,32)/t17-,18-,19-,20?,26-/m1/s1. The molecule has 4 rings (SSSR count). The third-order valence-corrected chi connectivity index (χ3v) is 7.56. The summed E-state index contributed by atoms with van der Waals surface area (Å²) in [6.07, 6.45) is 3.09. The van der Waals surface area contributed by atoms with E-state index < -0.39 is 5.54 Å². The maximum atomic E-state index is 13.3. The molecule has 3 aliphatic rings. The first-order valence-electron chi connectivity index (χ1n) is 12.3. The highest BCUT2D eigenvalue weighted by atomic mass is 16.5. The first-order valence-corrected chi connectivity index (χ1v) is 12.3. The van der Waals surface area contributed by atoms with Crippen molar-refractivity contribution in [3.8, 4) is 5.75 Å². The molecule has 5 atom stereocenters. The molecular formula is C26H38N4O4. The fourth-order valence-corrected chi connectivity index (χ4v) is 5.42. The first-order chi connectivity index (χ1) is 16.1. The number of methoxy groups -OCH3 is 1. The number of nitrogens with zero attached hydrogens (tertiary/aromatic N) is 1. The monoisotopic (exact) mass is 470 g/mol. The Balaban J connectivity index is 1.47. The van der Waals surface area contributed by atoms with Crippen LogP contribution in [0.15, 0.2) is 24.3 Å². The summed E-state index contributed by atoms with van der Waals surface area (Å²) in [6.45, 7) is 8.53. The Morgan fingerprint density at radius 3 is 2.76 bits per heavy atom. The number of carbonyl (C=O) groups is 2. The maximum absolute atomic E-state index is 13.3. The van der Waals surface area contributed by atoms with Gasteiger partial charge in [0.2, 0.25) is 11.8 Å². The van der Waals surface area contributed by atoms with Gasteiger partial charge in [-0.25, -0.2) is 0 Å². The van der Waals surface area contributed by atoms with Gasteiger partial charge in [-0.2, -0.15) is 0 Å². The molecule has 0 spiro atoms. The molecule has 2 amide bonds. The van der Waals surface area contributed by atoms with Crippen molar-refractivity contribution in [2.24, 2.45) is 11.8 Å². The van der Waals surface area contributed by atoms with E-state index in [1.54, 1.807) is 12.0 Å². The van der Waals surface area contributed by atoms with E-state index in [0.717, 1.165) is 17.7 Å². The van der Waals surface area contributed by atoms with Gasteiger partial charge in [0.15, 0.2) is 5.96 Å². The lowest BCUT2D eigenvalue weighted by atomic mass is 9.89. The molecule has 2 aliphatic heterocycles. The lowest BCUT2D eigenvalue weighted by Crippen LogP contribution is -2.63. The number of ether oxygens (including phenoxy) is 2. The Bertz CT molecular complexity index is 944. The minimum Gasteiger partial charge on any atom is -0.487 e. The summed E-state index contributed by atoms with van der Waals surface area (Å²) in [6, 6.07) is 7.51. The molecule has 0 aromatic heterocycles. The molecule has 1 aromatic carbocycles. The molecule has 1 saturated carbocycles. The minimum atomic E-state index is -0.403. The Morgan fingerprint density at radius 2 is 2.09 bits per heavy atom. The summed E-state index contributed by atoms with van der Waals surface area (Å²) in [5.74, 6) is 0.725. The van der Waals surface area contributed by atoms with E-state index in [2.05, 4.69) is 10.6 Å². The number of carbonyl (C=O) groups excluding carboxylic acids is 2. The van der Waals surface area contributed by atoms with Gasteiger partial charge in [0, 0.05) is 43.2 Å². The van der Waals surface area contributed by atoms with Crippen LogP contribution in [-0.2, 0) is 14.3 Å². The average molecular weight is 471 g/mol. The van der Waals surface area contributed by atoms with Crippen LogP contribution in [-0.4, -0.2) is 53.6 Å². The number of amides is 2. The molecule has 3 N–H and O–H groups in total. The second kappa shape index (κ2) is 9.21. The van der Waals surface area contributed by atoms with Crippen molar-refractivity contribution in [3.05, 3.63) is 29.8 Å². The van der Waals surface area contributed by atoms with Gasteiger partial charge < -0.3 is 20.1 Å². The largest absolute Gasteiger partial charge is 0.487 e. The molecule has 1 aliphatic carbocycles. The molecule has 186 valence electrons. The normalized spacial score (nSPS) is 30.6. The van der Waals surface area contributed by atoms with E-state index in [-0.39, 0.29) is 47.3 Å². The van der Waals surface area contributed by atoms with Crippen molar-refractivity contribution in [1.29, 1.82) is 5.41 Å². The van der Waals surface area contributed by atoms with E-state index >= 15 is 0 Å². The van der Waals surface area contributed by atoms with Crippen molar-refractivity contribution < 1.29 is 19.1 Å². The second-order valence-electron chi connectivity index (χ2n) is 10.8. The van der Waals surface area contributed by atoms with Crippen LogP contribution in [0, 0.1) is 17.2 Å². The number of para-hydroxylation sites is 1. The molecule has 1 saturated heterocycles. The number of hydrogen-bond donors (Lipinski definition) is 3. The predicted octanol–water partition coefficient (Wildman–Crippen LogP) is 3.37. The van der Waals surface area contributed by atoms with Crippen molar-refractivity contribution >= 4 is 17.8 Å². The van der Waals surface area contributed by atoms with Crippen LogP contribution >= 0.6 is 0 Å². The SMILES string of the molecule is CC[C@]1(C)CC(=O)N(C(CCOC)[C@@H]2C[C@H]2C(=O)N[C@@H]2CC(C)(C)Oc3ccccc32)C(=N)N1. The molecule has 8 heteroatoms. The third kappa shape index (κ3) is 4.92. The van der Waals surface area contributed by atoms with Crippen LogP contribution in [0.2, 0.25) is 0 Å². The molecule has 8 nitrogen and oxygen atoms in total. The highest BCUT2D eigenvalue weighted by molar-refractivity contribution is 5.99. The van der Waals surface area contributed by atoms with E-state index in [4.69, 9.17) is 14.9 Å². The highest BCUT2D eigenvalue weighted by Gasteiger charge is 2.53. The third-order valence-electron chi connectivity index (χ3n) is 7.56. The molecule has 34 heavy (non-hydrogen) atoms. The zero-order valence-corrected chi connectivity index (χ0v) is 20.9. The van der Waals surface area contributed by atoms with Gasteiger partial charge in [-0.05, 0) is 52.0 Å². The summed E-state index contributed by atoms with van der Waals surface area (Å²) < 4.78 is 11.4. The predicted molar refractivity (Wildman–Crippen MR) is 130 cm³/mol. The smallest absolute Gasteiger partial charge is 0.231 e. The first kappa shape index (κ1) is 24.5. The van der Waals surface area contributed by atoms with Gasteiger partial charge in [-0.3, -0.25) is 19.9 Å². The summed E-state index contributed by atoms with van der Waals surface area (Å²) >= 11 is 0. The zero-order chi connectivity index (χ0) is 24.7. The van der Waals surface area contributed by atoms with Crippen LogP contribution in [0.1, 0.15) is 71.4 Å². The van der Waals surface area contributed by atoms with Crippen LogP contribution in [0.3, 0.4) is 0 Å². The van der Waals surface area contributed by atoms with Crippen LogP contribution in [0.25, 0.3) is 0 Å². The quantitative estimate of drug-likeness (QED) is 0.540. The maximum Gasteiger partial charge on any atom is 0.231 e. The molecule has 2 fully saturated rings. The number of hydrogen-bond acceptors (Lipinski definition) is 5.